The topological polar surface area (TPSA) is 66.5 Å². The third kappa shape index (κ3) is 6.41. The minimum Gasteiger partial charge on any atom is -0.326 e. The quantitative estimate of drug-likeness (QED) is 0.769. The maximum Gasteiger partial charge on any atom is 0.416 e. The molecule has 0 heterocycles. The minimum absolute atomic E-state index is 0.0443. The summed E-state index contributed by atoms with van der Waals surface area (Å²) in [5.41, 5.74) is -0.609. The van der Waals surface area contributed by atoms with Crippen LogP contribution in [0.5, 0.6) is 0 Å². The van der Waals surface area contributed by atoms with Gasteiger partial charge in [0.15, 0.2) is 0 Å². The van der Waals surface area contributed by atoms with Crippen molar-refractivity contribution >= 4 is 21.6 Å². The molecule has 0 aliphatic carbocycles. The fourth-order valence-corrected chi connectivity index (χ4v) is 2.53. The first-order valence-corrected chi connectivity index (χ1v) is 8.42. The largest absolute Gasteiger partial charge is 0.416 e. The zero-order chi connectivity index (χ0) is 17.7. The Labute approximate surface area is 132 Å². The van der Waals surface area contributed by atoms with E-state index in [0.717, 1.165) is 34.8 Å². The van der Waals surface area contributed by atoms with Gasteiger partial charge in [-0.25, -0.2) is 8.42 Å². The van der Waals surface area contributed by atoms with E-state index in [1.54, 1.807) is 0 Å². The van der Waals surface area contributed by atoms with Crippen LogP contribution in [-0.4, -0.2) is 38.0 Å². The normalized spacial score (nSPS) is 12.2. The van der Waals surface area contributed by atoms with Crippen LogP contribution in [0.4, 0.5) is 18.9 Å². The highest BCUT2D eigenvalue weighted by atomic mass is 32.2. The molecule has 128 valence electrons. The van der Waals surface area contributed by atoms with Gasteiger partial charge < -0.3 is 5.32 Å². The molecule has 1 rings (SSSR count). The van der Waals surface area contributed by atoms with Crippen molar-refractivity contribution in [2.45, 2.75) is 12.6 Å². The van der Waals surface area contributed by atoms with Crippen LogP contribution in [0.1, 0.15) is 12.0 Å². The Morgan fingerprint density at radius 1 is 1.30 bits per heavy atom. The second-order valence-electron chi connectivity index (χ2n) is 4.78. The van der Waals surface area contributed by atoms with Gasteiger partial charge in [0.1, 0.15) is 0 Å². The molecule has 0 saturated carbocycles. The lowest BCUT2D eigenvalue weighted by atomic mass is 10.2. The van der Waals surface area contributed by atoms with Gasteiger partial charge >= 0.3 is 6.18 Å². The lowest BCUT2D eigenvalue weighted by molar-refractivity contribution is -0.137. The molecular formula is C14H17F3N2O3S. The molecule has 0 spiro atoms. The van der Waals surface area contributed by atoms with Gasteiger partial charge in [-0.15, -0.1) is 6.58 Å². The monoisotopic (exact) mass is 350 g/mol. The number of carbonyl (C=O) groups is 1. The van der Waals surface area contributed by atoms with Crippen LogP contribution < -0.4 is 5.32 Å². The number of anilines is 1. The van der Waals surface area contributed by atoms with Crippen molar-refractivity contribution in [3.63, 3.8) is 0 Å². The second-order valence-corrected chi connectivity index (χ2v) is 6.77. The number of hydrogen-bond acceptors (Lipinski definition) is 3. The molecule has 0 saturated heterocycles. The van der Waals surface area contributed by atoms with Gasteiger partial charge in [-0.3, -0.25) is 4.79 Å². The Bertz CT molecular complexity index is 655. The fraction of sp³-hybridized carbons (Fsp3) is 0.357. The highest BCUT2D eigenvalue weighted by Crippen LogP contribution is 2.29. The van der Waals surface area contributed by atoms with Crippen molar-refractivity contribution in [3.05, 3.63) is 42.5 Å². The lowest BCUT2D eigenvalue weighted by Gasteiger charge is -2.17. The Hall–Kier alpha value is -1.87. The smallest absolute Gasteiger partial charge is 0.326 e. The van der Waals surface area contributed by atoms with Crippen molar-refractivity contribution < 1.29 is 26.4 Å². The number of benzene rings is 1. The summed E-state index contributed by atoms with van der Waals surface area (Å²) in [4.78, 5) is 11.7. The molecule has 0 atom stereocenters. The van der Waals surface area contributed by atoms with E-state index in [9.17, 15) is 26.4 Å². The van der Waals surface area contributed by atoms with Crippen LogP contribution in [0.25, 0.3) is 0 Å². The van der Waals surface area contributed by atoms with Crippen molar-refractivity contribution in [1.82, 2.24) is 4.31 Å². The van der Waals surface area contributed by atoms with Gasteiger partial charge in [-0.2, -0.15) is 17.5 Å². The van der Waals surface area contributed by atoms with E-state index in [-0.39, 0.29) is 25.2 Å². The minimum atomic E-state index is -4.44. The average Bonchev–Trinajstić information content (AvgIpc) is 2.41. The number of alkyl halides is 3. The summed E-state index contributed by atoms with van der Waals surface area (Å²) in [7, 11) is -3.46. The van der Waals surface area contributed by atoms with Crippen LogP contribution in [0.3, 0.4) is 0 Å². The molecule has 1 aromatic rings. The molecule has 23 heavy (non-hydrogen) atoms. The van der Waals surface area contributed by atoms with E-state index in [4.69, 9.17) is 0 Å². The Morgan fingerprint density at radius 2 is 1.87 bits per heavy atom. The molecule has 0 aliphatic heterocycles. The number of hydrogen-bond donors (Lipinski definition) is 1. The van der Waals surface area contributed by atoms with Crippen LogP contribution >= 0.6 is 0 Å². The van der Waals surface area contributed by atoms with Crippen LogP contribution in [0.15, 0.2) is 36.9 Å². The fourth-order valence-electron chi connectivity index (χ4n) is 1.73. The number of halogens is 3. The summed E-state index contributed by atoms with van der Waals surface area (Å²) in [6, 6.07) is 3.99. The molecule has 1 N–H and O–H groups in total. The zero-order valence-corrected chi connectivity index (χ0v) is 13.2. The second kappa shape index (κ2) is 7.60. The van der Waals surface area contributed by atoms with Crippen molar-refractivity contribution in [1.29, 1.82) is 0 Å². The van der Waals surface area contributed by atoms with Crippen LogP contribution in [-0.2, 0) is 21.0 Å². The third-order valence-corrected chi connectivity index (χ3v) is 4.16. The molecule has 0 unspecified atom stereocenters. The molecule has 1 aromatic carbocycles. The molecule has 9 heteroatoms. The number of nitrogens with zero attached hydrogens (tertiary/aromatic N) is 1. The molecular weight excluding hydrogens is 333 g/mol. The zero-order valence-electron chi connectivity index (χ0n) is 12.4. The molecule has 0 bridgehead atoms. The molecule has 5 nitrogen and oxygen atoms in total. The maximum atomic E-state index is 12.4. The average molecular weight is 350 g/mol. The Balaban J connectivity index is 2.61. The summed E-state index contributed by atoms with van der Waals surface area (Å²) >= 11 is 0. The number of nitrogens with one attached hydrogen (secondary N) is 1. The standard InChI is InChI=1S/C14H17F3N2O3S/c1-3-9-19(23(2,21)22)10-8-13(20)18-12-6-4-11(5-7-12)14(15,16)17/h3-7H,1,8-10H2,2H3,(H,18,20). The van der Waals surface area contributed by atoms with Crippen molar-refractivity contribution in [3.8, 4) is 0 Å². The first kappa shape index (κ1) is 19.2. The summed E-state index contributed by atoms with van der Waals surface area (Å²) in [6.07, 6.45) is -2.15. The van der Waals surface area contributed by atoms with Gasteiger partial charge in [-0.1, -0.05) is 6.08 Å². The Kier molecular flexibility index (Phi) is 6.34. The molecule has 0 radical (unpaired) electrons. The highest BCUT2D eigenvalue weighted by Gasteiger charge is 2.30. The van der Waals surface area contributed by atoms with Crippen LogP contribution in [0, 0.1) is 0 Å². The van der Waals surface area contributed by atoms with E-state index in [2.05, 4.69) is 11.9 Å². The van der Waals surface area contributed by atoms with Crippen molar-refractivity contribution in [2.24, 2.45) is 0 Å². The molecule has 1 amide bonds. The number of sulfonamides is 1. The molecule has 0 aliphatic rings. The SMILES string of the molecule is C=CCN(CCC(=O)Nc1ccc(C(F)(F)F)cc1)S(C)(=O)=O. The predicted octanol–water partition coefficient (Wildman–Crippen LogP) is 2.48. The first-order chi connectivity index (χ1) is 10.5. The maximum absolute atomic E-state index is 12.4. The molecule has 0 fully saturated rings. The lowest BCUT2D eigenvalue weighted by Crippen LogP contribution is -2.33. The number of amides is 1. The summed E-state index contributed by atoms with van der Waals surface area (Å²) < 4.78 is 61.3. The van der Waals surface area contributed by atoms with Gasteiger partial charge in [0.2, 0.25) is 15.9 Å². The van der Waals surface area contributed by atoms with Crippen molar-refractivity contribution in [2.75, 3.05) is 24.7 Å². The summed E-state index contributed by atoms with van der Waals surface area (Å²) in [6.45, 7) is 3.47. The van der Waals surface area contributed by atoms with E-state index in [1.165, 1.54) is 6.08 Å². The third-order valence-electron chi connectivity index (χ3n) is 2.89. The van der Waals surface area contributed by atoms with Gasteiger partial charge in [0.05, 0.1) is 11.8 Å². The summed E-state index contributed by atoms with van der Waals surface area (Å²) in [5, 5.41) is 2.42. The van der Waals surface area contributed by atoms with E-state index >= 15 is 0 Å². The first-order valence-electron chi connectivity index (χ1n) is 6.57. The number of carbonyl (C=O) groups excluding carboxylic acids is 1. The van der Waals surface area contributed by atoms with Gasteiger partial charge in [-0.05, 0) is 24.3 Å². The van der Waals surface area contributed by atoms with Gasteiger partial charge in [0, 0.05) is 25.2 Å². The Morgan fingerprint density at radius 3 is 2.30 bits per heavy atom. The van der Waals surface area contributed by atoms with E-state index in [1.807, 2.05) is 0 Å². The highest BCUT2D eigenvalue weighted by molar-refractivity contribution is 7.88. The predicted molar refractivity (Wildman–Crippen MR) is 81.3 cm³/mol. The van der Waals surface area contributed by atoms with Crippen LogP contribution in [0.2, 0.25) is 0 Å². The van der Waals surface area contributed by atoms with E-state index < -0.39 is 27.7 Å². The van der Waals surface area contributed by atoms with Gasteiger partial charge in [0.25, 0.3) is 0 Å². The number of rotatable bonds is 7. The van der Waals surface area contributed by atoms with E-state index in [0.29, 0.717) is 0 Å². The summed E-state index contributed by atoms with van der Waals surface area (Å²) in [5.74, 6) is -0.498. The molecule has 0 aromatic heterocycles.